The number of hydrogen-bond donors (Lipinski definition) is 2. The second-order valence-electron chi connectivity index (χ2n) is 5.42. The summed E-state index contributed by atoms with van der Waals surface area (Å²) in [5.74, 6) is -0.627. The number of nitrogens with two attached hydrogens (primary N) is 1. The van der Waals surface area contributed by atoms with Crippen LogP contribution in [0, 0.1) is 5.82 Å². The molecule has 1 amide bonds. The van der Waals surface area contributed by atoms with E-state index in [0.29, 0.717) is 11.3 Å². The molecule has 0 aromatic heterocycles. The van der Waals surface area contributed by atoms with Gasteiger partial charge in [0, 0.05) is 4.90 Å². The lowest BCUT2D eigenvalue weighted by Gasteiger charge is -2.23. The molecule has 5 nitrogen and oxygen atoms in total. The number of anilines is 1. The van der Waals surface area contributed by atoms with Crippen molar-refractivity contribution in [1.82, 2.24) is 5.32 Å². The van der Waals surface area contributed by atoms with E-state index in [4.69, 9.17) is 5.73 Å². The minimum Gasteiger partial charge on any atom is -0.396 e. The van der Waals surface area contributed by atoms with Gasteiger partial charge in [-0.15, -0.1) is 11.8 Å². The van der Waals surface area contributed by atoms with Crippen LogP contribution >= 0.6 is 11.8 Å². The van der Waals surface area contributed by atoms with E-state index in [1.807, 2.05) is 0 Å². The van der Waals surface area contributed by atoms with Crippen LogP contribution in [0.2, 0.25) is 0 Å². The normalized spacial score (nSPS) is 23.9. The van der Waals surface area contributed by atoms with E-state index in [0.717, 1.165) is 0 Å². The Kier molecular flexibility index (Phi) is 4.48. The van der Waals surface area contributed by atoms with Gasteiger partial charge >= 0.3 is 0 Å². The number of nitrogen functional groups attached to an aromatic ring is 1. The van der Waals surface area contributed by atoms with Crippen molar-refractivity contribution in [2.75, 3.05) is 23.0 Å². The molecule has 0 bridgehead atoms. The zero-order valence-corrected chi connectivity index (χ0v) is 13.2. The third-order valence-corrected chi connectivity index (χ3v) is 6.18. The lowest BCUT2D eigenvalue weighted by Crippen LogP contribution is -2.47. The molecule has 0 radical (unpaired) electrons. The topological polar surface area (TPSA) is 89.3 Å². The molecule has 1 atom stereocenters. The van der Waals surface area contributed by atoms with Gasteiger partial charge in [-0.25, -0.2) is 12.8 Å². The first-order valence-corrected chi connectivity index (χ1v) is 9.19. The van der Waals surface area contributed by atoms with Crippen molar-refractivity contribution in [1.29, 1.82) is 0 Å². The lowest BCUT2D eigenvalue weighted by atomic mass is 10.0. The Morgan fingerprint density at radius 3 is 2.81 bits per heavy atom. The van der Waals surface area contributed by atoms with Crippen molar-refractivity contribution in [2.45, 2.75) is 23.8 Å². The quantitative estimate of drug-likeness (QED) is 0.639. The first-order chi connectivity index (χ1) is 9.69. The maximum atomic E-state index is 13.3. The van der Waals surface area contributed by atoms with E-state index >= 15 is 0 Å². The minimum atomic E-state index is -3.06. The zero-order chi connectivity index (χ0) is 15.7. The van der Waals surface area contributed by atoms with Crippen LogP contribution in [0.1, 0.15) is 13.3 Å². The van der Waals surface area contributed by atoms with Crippen molar-refractivity contribution in [3.05, 3.63) is 24.0 Å². The van der Waals surface area contributed by atoms with Gasteiger partial charge in [-0.2, -0.15) is 0 Å². The Morgan fingerprint density at radius 2 is 2.24 bits per heavy atom. The first-order valence-electron chi connectivity index (χ1n) is 6.38. The third-order valence-electron chi connectivity index (χ3n) is 3.29. The molecule has 21 heavy (non-hydrogen) atoms. The molecule has 8 heteroatoms. The van der Waals surface area contributed by atoms with Crippen molar-refractivity contribution in [2.24, 2.45) is 0 Å². The summed E-state index contributed by atoms with van der Waals surface area (Å²) in [6.07, 6.45) is 0.419. The summed E-state index contributed by atoms with van der Waals surface area (Å²) in [6.45, 7) is 1.73. The number of sulfone groups is 1. The fourth-order valence-electron chi connectivity index (χ4n) is 2.23. The van der Waals surface area contributed by atoms with Crippen LogP contribution in [-0.2, 0) is 14.6 Å². The molecule has 1 aromatic rings. The predicted molar refractivity (Wildman–Crippen MR) is 81.4 cm³/mol. The highest BCUT2D eigenvalue weighted by molar-refractivity contribution is 8.00. The zero-order valence-electron chi connectivity index (χ0n) is 11.6. The van der Waals surface area contributed by atoms with Crippen LogP contribution in [0.5, 0.6) is 0 Å². The molecule has 1 unspecified atom stereocenters. The van der Waals surface area contributed by atoms with Crippen LogP contribution in [0.25, 0.3) is 0 Å². The molecule has 1 aliphatic heterocycles. The number of carbonyl (C=O) groups is 1. The summed E-state index contributed by atoms with van der Waals surface area (Å²) in [4.78, 5) is 12.5. The molecule has 0 aliphatic carbocycles. The van der Waals surface area contributed by atoms with E-state index in [1.54, 1.807) is 13.0 Å². The average Bonchev–Trinajstić information content (AvgIpc) is 2.65. The SMILES string of the molecule is CC1(NC(=O)CSc2ccc(N)c(F)c2)CCS(=O)(=O)C1. The summed E-state index contributed by atoms with van der Waals surface area (Å²) in [6, 6.07) is 4.35. The van der Waals surface area contributed by atoms with Gasteiger partial charge in [-0.05, 0) is 31.5 Å². The van der Waals surface area contributed by atoms with Crippen molar-refractivity contribution >= 4 is 33.2 Å². The van der Waals surface area contributed by atoms with Gasteiger partial charge in [-0.3, -0.25) is 4.79 Å². The molecule has 0 saturated carbocycles. The molecular formula is C13H17FN2O3S2. The van der Waals surface area contributed by atoms with Crippen LogP contribution in [0.4, 0.5) is 10.1 Å². The summed E-state index contributed by atoms with van der Waals surface area (Å²) >= 11 is 1.18. The first kappa shape index (κ1) is 16.1. The lowest BCUT2D eigenvalue weighted by molar-refractivity contribution is -0.120. The Labute approximate surface area is 127 Å². The summed E-state index contributed by atoms with van der Waals surface area (Å²) in [5.41, 5.74) is 4.73. The number of amides is 1. The third kappa shape index (κ3) is 4.34. The number of hydrogen-bond acceptors (Lipinski definition) is 5. The molecule has 116 valence electrons. The average molecular weight is 332 g/mol. The van der Waals surface area contributed by atoms with E-state index in [9.17, 15) is 17.6 Å². The number of carbonyl (C=O) groups excluding carboxylic acids is 1. The van der Waals surface area contributed by atoms with Gasteiger partial charge in [0.1, 0.15) is 5.82 Å². The van der Waals surface area contributed by atoms with E-state index in [1.165, 1.54) is 23.9 Å². The second-order valence-corrected chi connectivity index (χ2v) is 8.66. The molecule has 1 saturated heterocycles. The monoisotopic (exact) mass is 332 g/mol. The largest absolute Gasteiger partial charge is 0.396 e. The highest BCUT2D eigenvalue weighted by atomic mass is 32.2. The van der Waals surface area contributed by atoms with Crippen molar-refractivity contribution in [3.8, 4) is 0 Å². The standard InChI is InChI=1S/C13H17FN2O3S2/c1-13(4-5-21(18,19)8-13)16-12(17)7-20-9-2-3-11(15)10(14)6-9/h2-3,6H,4-5,7-8,15H2,1H3,(H,16,17). The van der Waals surface area contributed by atoms with E-state index in [2.05, 4.69) is 5.32 Å². The fraction of sp³-hybridized carbons (Fsp3) is 0.462. The molecule has 3 N–H and O–H groups in total. The number of halogens is 1. The van der Waals surface area contributed by atoms with Crippen molar-refractivity contribution < 1.29 is 17.6 Å². The minimum absolute atomic E-state index is 0.0348. The highest BCUT2D eigenvalue weighted by Crippen LogP contribution is 2.24. The van der Waals surface area contributed by atoms with Crippen LogP contribution in [0.15, 0.2) is 23.1 Å². The van der Waals surface area contributed by atoms with Crippen molar-refractivity contribution in [3.63, 3.8) is 0 Å². The van der Waals surface area contributed by atoms with Gasteiger partial charge < -0.3 is 11.1 Å². The molecular weight excluding hydrogens is 315 g/mol. The molecule has 1 heterocycles. The summed E-state index contributed by atoms with van der Waals surface area (Å²) in [7, 11) is -3.06. The molecule has 1 aromatic carbocycles. The number of benzene rings is 1. The van der Waals surface area contributed by atoms with Gasteiger partial charge in [0.15, 0.2) is 9.84 Å². The van der Waals surface area contributed by atoms with Crippen LogP contribution < -0.4 is 11.1 Å². The number of rotatable bonds is 4. The number of nitrogens with one attached hydrogen (secondary N) is 1. The molecule has 0 spiro atoms. The predicted octanol–water partition coefficient (Wildman–Crippen LogP) is 1.19. The maximum Gasteiger partial charge on any atom is 0.230 e. The summed E-state index contributed by atoms with van der Waals surface area (Å²) in [5, 5.41) is 2.75. The van der Waals surface area contributed by atoms with Gasteiger partial charge in [-0.1, -0.05) is 0 Å². The summed E-state index contributed by atoms with van der Waals surface area (Å²) < 4.78 is 36.2. The molecule has 1 aliphatic rings. The Hall–Kier alpha value is -1.28. The Morgan fingerprint density at radius 1 is 1.52 bits per heavy atom. The van der Waals surface area contributed by atoms with E-state index < -0.39 is 21.2 Å². The molecule has 1 fully saturated rings. The number of thioether (sulfide) groups is 1. The van der Waals surface area contributed by atoms with Gasteiger partial charge in [0.05, 0.1) is 28.5 Å². The van der Waals surface area contributed by atoms with Crippen LogP contribution in [0.3, 0.4) is 0 Å². The molecule has 2 rings (SSSR count). The Bertz CT molecular complexity index is 663. The van der Waals surface area contributed by atoms with Gasteiger partial charge in [0.25, 0.3) is 0 Å². The maximum absolute atomic E-state index is 13.3. The van der Waals surface area contributed by atoms with Gasteiger partial charge in [0.2, 0.25) is 5.91 Å². The highest BCUT2D eigenvalue weighted by Gasteiger charge is 2.39. The van der Waals surface area contributed by atoms with E-state index in [-0.39, 0.29) is 28.9 Å². The smallest absolute Gasteiger partial charge is 0.230 e. The Balaban J connectivity index is 1.89. The second kappa shape index (κ2) is 5.84. The fourth-order valence-corrected chi connectivity index (χ4v) is 5.04. The van der Waals surface area contributed by atoms with Crippen LogP contribution in [-0.4, -0.2) is 37.1 Å².